The molecule has 1 aliphatic rings. The van der Waals surface area contributed by atoms with Crippen LogP contribution in [-0.2, 0) is 14.3 Å². The molecule has 134 valence electrons. The molecule has 0 unspecified atom stereocenters. The number of ether oxygens (including phenoxy) is 1. The molecule has 1 aliphatic heterocycles. The lowest BCUT2D eigenvalue weighted by Gasteiger charge is -2.49. The molecule has 1 heterocycles. The molecule has 0 spiro atoms. The van der Waals surface area contributed by atoms with E-state index in [-0.39, 0.29) is 0 Å². The number of hydrogen-bond donors (Lipinski definition) is 7. The summed E-state index contributed by atoms with van der Waals surface area (Å²) in [5, 5.41) is 58.5. The van der Waals surface area contributed by atoms with Crippen molar-refractivity contribution in [3.05, 3.63) is 0 Å². The second-order valence-corrected chi connectivity index (χ2v) is 5.09. The summed E-state index contributed by atoms with van der Waals surface area (Å²) in [6, 6.07) is -4.93. The number of aliphatic hydroxyl groups excluding tert-OH is 4. The van der Waals surface area contributed by atoms with Crippen molar-refractivity contribution in [2.45, 2.75) is 49.0 Å². The van der Waals surface area contributed by atoms with Crippen LogP contribution in [0, 0.1) is 0 Å². The minimum Gasteiger partial charge on any atom is -0.394 e. The van der Waals surface area contributed by atoms with Gasteiger partial charge in [0.25, 0.3) is 5.85 Å². The summed E-state index contributed by atoms with van der Waals surface area (Å²) in [4.78, 5) is 21.9. The summed E-state index contributed by atoms with van der Waals surface area (Å²) in [7, 11) is 0. The molecule has 23 heavy (non-hydrogen) atoms. The van der Waals surface area contributed by atoms with E-state index in [2.05, 4.69) is 4.74 Å². The Labute approximate surface area is 127 Å². The zero-order chi connectivity index (χ0) is 18.2. The molecule has 7 atom stereocenters. The van der Waals surface area contributed by atoms with E-state index in [0.717, 1.165) is 6.92 Å². The first-order chi connectivity index (χ1) is 10.4. The first-order valence-corrected chi connectivity index (χ1v) is 6.33. The van der Waals surface area contributed by atoms with Gasteiger partial charge in [0.15, 0.2) is 0 Å². The minimum atomic E-state index is -4.38. The predicted octanol–water partition coefficient (Wildman–Crippen LogP) is -4.19. The molecule has 0 saturated carbocycles. The minimum absolute atomic E-state index is 0.900. The van der Waals surface area contributed by atoms with E-state index in [1.807, 2.05) is 5.32 Å². The van der Waals surface area contributed by atoms with E-state index in [1.165, 1.54) is 0 Å². The van der Waals surface area contributed by atoms with Crippen molar-refractivity contribution in [2.24, 2.45) is 0 Å². The molecule has 0 aromatic heterocycles. The lowest BCUT2D eigenvalue weighted by Crippen LogP contribution is -2.77. The van der Waals surface area contributed by atoms with Gasteiger partial charge in [0.2, 0.25) is 5.91 Å². The summed E-state index contributed by atoms with van der Waals surface area (Å²) < 4.78 is 31.4. The van der Waals surface area contributed by atoms with E-state index in [9.17, 15) is 43.9 Å². The molecule has 1 rings (SSSR count). The van der Waals surface area contributed by atoms with Crippen LogP contribution in [0.1, 0.15) is 6.92 Å². The number of nitrogens with one attached hydrogen (secondary N) is 1. The van der Waals surface area contributed by atoms with Crippen molar-refractivity contribution in [3.63, 3.8) is 0 Å². The smallest absolute Gasteiger partial charge is 0.366 e. The highest BCUT2D eigenvalue weighted by atomic mass is 19.2. The van der Waals surface area contributed by atoms with Gasteiger partial charge in [0.05, 0.1) is 12.6 Å². The van der Waals surface area contributed by atoms with Gasteiger partial charge in [-0.25, -0.2) is 4.39 Å². The molecular formula is C11H17F2NO9. The lowest BCUT2D eigenvalue weighted by atomic mass is 9.85. The van der Waals surface area contributed by atoms with Crippen molar-refractivity contribution >= 4 is 11.9 Å². The van der Waals surface area contributed by atoms with Gasteiger partial charge in [-0.2, -0.15) is 4.39 Å². The van der Waals surface area contributed by atoms with Crippen molar-refractivity contribution in [2.75, 3.05) is 6.61 Å². The fourth-order valence-corrected chi connectivity index (χ4v) is 2.16. The number of aliphatic hydroxyl groups is 6. The summed E-state index contributed by atoms with van der Waals surface area (Å²) in [6.45, 7) is -0.164. The van der Waals surface area contributed by atoms with Gasteiger partial charge in [0, 0.05) is 6.92 Å². The number of carbonyl (C=O) groups is 2. The Balaban J connectivity index is 3.33. The van der Waals surface area contributed by atoms with Crippen molar-refractivity contribution in [3.8, 4) is 0 Å². The van der Waals surface area contributed by atoms with Crippen molar-refractivity contribution in [1.82, 2.24) is 5.32 Å². The first kappa shape index (κ1) is 19.8. The molecule has 1 fully saturated rings. The molecule has 1 amide bonds. The van der Waals surface area contributed by atoms with Gasteiger partial charge in [0.1, 0.15) is 24.4 Å². The van der Waals surface area contributed by atoms with E-state index in [4.69, 9.17) is 5.11 Å². The van der Waals surface area contributed by atoms with Gasteiger partial charge in [-0.1, -0.05) is 0 Å². The highest BCUT2D eigenvalue weighted by Gasteiger charge is 2.70. The van der Waals surface area contributed by atoms with Crippen LogP contribution in [0.4, 0.5) is 8.78 Å². The van der Waals surface area contributed by atoms with Crippen LogP contribution in [0.2, 0.25) is 0 Å². The fraction of sp³-hybridized carbons (Fsp3) is 0.818. The normalized spacial score (nSPS) is 40.3. The number of halogens is 2. The number of alkyl halides is 1. The monoisotopic (exact) mass is 345 g/mol. The predicted molar refractivity (Wildman–Crippen MR) is 64.7 cm³/mol. The second kappa shape index (κ2) is 6.68. The quantitative estimate of drug-likeness (QED) is 0.243. The van der Waals surface area contributed by atoms with Crippen LogP contribution >= 0.6 is 0 Å². The highest BCUT2D eigenvalue weighted by Crippen LogP contribution is 2.40. The Bertz CT molecular complexity index is 476. The van der Waals surface area contributed by atoms with Crippen molar-refractivity contribution < 1.29 is 53.7 Å². The van der Waals surface area contributed by atoms with Gasteiger partial charge in [-0.05, 0) is 0 Å². The third-order valence-corrected chi connectivity index (χ3v) is 3.42. The average Bonchev–Trinajstić information content (AvgIpc) is 2.46. The van der Waals surface area contributed by atoms with Crippen molar-refractivity contribution in [1.29, 1.82) is 0 Å². The van der Waals surface area contributed by atoms with Gasteiger partial charge in [-0.15, -0.1) is 0 Å². The molecule has 12 heteroatoms. The number of rotatable bonds is 5. The van der Waals surface area contributed by atoms with Crippen LogP contribution in [0.3, 0.4) is 0 Å². The van der Waals surface area contributed by atoms with E-state index in [1.54, 1.807) is 0 Å². The van der Waals surface area contributed by atoms with Gasteiger partial charge in [-0.3, -0.25) is 9.59 Å². The Morgan fingerprint density at radius 3 is 2.26 bits per heavy atom. The maximum Gasteiger partial charge on any atom is 0.366 e. The molecule has 7 N–H and O–H groups in total. The summed E-state index contributed by atoms with van der Waals surface area (Å²) in [5.41, 5.74) is 0. The molecule has 1 saturated heterocycles. The maximum atomic E-state index is 14.1. The lowest BCUT2D eigenvalue weighted by molar-refractivity contribution is -0.402. The number of carbonyl (C=O) groups excluding carboxylic acids is 2. The fourth-order valence-electron chi connectivity index (χ4n) is 2.16. The van der Waals surface area contributed by atoms with Gasteiger partial charge < -0.3 is 40.7 Å². The van der Waals surface area contributed by atoms with Crippen LogP contribution in [-0.4, -0.2) is 91.3 Å². The van der Waals surface area contributed by atoms with Crippen LogP contribution in [0.5, 0.6) is 0 Å². The van der Waals surface area contributed by atoms with E-state index >= 15 is 0 Å². The molecule has 0 aliphatic carbocycles. The third kappa shape index (κ3) is 3.33. The summed E-state index contributed by atoms with van der Waals surface area (Å²) in [5.74, 6) is -9.52. The molecule has 0 bridgehead atoms. The Hall–Kier alpha value is -1.28. The SMILES string of the molecule is CC(=O)N[C@H]1[C@H]([C@H](O)[C@H](O)CO)O[C@@](O)(C(=O)F)[C@@](O)(F)[C@@H]1O. The topological polar surface area (TPSA) is 177 Å². The standard InChI is InChI=1S/C11H17F2NO9/c1-3(16)14-5-7(6(18)4(17)2-15)23-11(22,9(12)20)10(13,21)8(5)19/h4-8,15,17-19,21-22H,2H2,1H3,(H,14,16)/t4-,5+,6-,7-,8-,10-,11+/m1/s1. The zero-order valence-corrected chi connectivity index (χ0v) is 11.8. The molecular weight excluding hydrogens is 328 g/mol. The molecule has 10 nitrogen and oxygen atoms in total. The Morgan fingerprint density at radius 2 is 1.87 bits per heavy atom. The average molecular weight is 345 g/mol. The van der Waals surface area contributed by atoms with Crippen LogP contribution < -0.4 is 5.32 Å². The largest absolute Gasteiger partial charge is 0.394 e. The van der Waals surface area contributed by atoms with Crippen LogP contribution in [0.25, 0.3) is 0 Å². The molecule has 0 aromatic rings. The summed E-state index contributed by atoms with van der Waals surface area (Å²) in [6.07, 6.45) is -9.16. The zero-order valence-electron chi connectivity index (χ0n) is 11.8. The first-order valence-electron chi connectivity index (χ1n) is 6.33. The third-order valence-electron chi connectivity index (χ3n) is 3.42. The maximum absolute atomic E-state index is 14.1. The molecule has 0 radical (unpaired) electrons. The van der Waals surface area contributed by atoms with Gasteiger partial charge >= 0.3 is 11.8 Å². The van der Waals surface area contributed by atoms with E-state index < -0.39 is 60.7 Å². The van der Waals surface area contributed by atoms with Crippen LogP contribution in [0.15, 0.2) is 0 Å². The highest BCUT2D eigenvalue weighted by molar-refractivity contribution is 5.78. The number of hydrogen-bond acceptors (Lipinski definition) is 9. The second-order valence-electron chi connectivity index (χ2n) is 5.09. The summed E-state index contributed by atoms with van der Waals surface area (Å²) >= 11 is 0. The Morgan fingerprint density at radius 1 is 1.35 bits per heavy atom. The molecule has 0 aromatic carbocycles. The van der Waals surface area contributed by atoms with E-state index in [0.29, 0.717) is 0 Å². The Kier molecular flexibility index (Phi) is 5.74. The number of amides is 1.